The topological polar surface area (TPSA) is 29.1 Å². The molecule has 0 aliphatic rings. The van der Waals surface area contributed by atoms with Gasteiger partial charge < -0.3 is 5.32 Å². The number of halogens is 2. The first-order chi connectivity index (χ1) is 9.06. The fourth-order valence-corrected chi connectivity index (χ4v) is 1.96. The van der Waals surface area contributed by atoms with Gasteiger partial charge in [0.05, 0.1) is 10.0 Å². The molecule has 0 aromatic heterocycles. The molecule has 0 spiro atoms. The van der Waals surface area contributed by atoms with E-state index in [1.807, 2.05) is 25.1 Å². The Balaban J connectivity index is 2.00. The largest absolute Gasteiger partial charge is 0.348 e. The smallest absolute Gasteiger partial charge is 0.251 e. The zero-order valence-corrected chi connectivity index (χ0v) is 11.9. The molecule has 19 heavy (non-hydrogen) atoms. The molecule has 98 valence electrons. The summed E-state index contributed by atoms with van der Waals surface area (Å²) in [5.41, 5.74) is 2.68. The molecule has 0 radical (unpaired) electrons. The second-order valence-corrected chi connectivity index (χ2v) is 5.11. The van der Waals surface area contributed by atoms with E-state index < -0.39 is 0 Å². The third-order valence-electron chi connectivity index (χ3n) is 2.75. The summed E-state index contributed by atoms with van der Waals surface area (Å²) in [6, 6.07) is 12.7. The van der Waals surface area contributed by atoms with E-state index in [1.54, 1.807) is 24.3 Å². The van der Waals surface area contributed by atoms with Gasteiger partial charge >= 0.3 is 0 Å². The highest BCUT2D eigenvalue weighted by Gasteiger charge is 2.05. The van der Waals surface area contributed by atoms with Crippen LogP contribution < -0.4 is 5.32 Å². The van der Waals surface area contributed by atoms with Crippen LogP contribution in [-0.2, 0) is 6.54 Å². The Morgan fingerprint density at radius 1 is 1.05 bits per heavy atom. The van der Waals surface area contributed by atoms with Crippen molar-refractivity contribution in [2.75, 3.05) is 0 Å². The standard InChI is InChI=1S/C15H13Cl2NO/c1-10-2-5-12(6-3-10)15(19)18-9-11-4-7-13(16)14(17)8-11/h2-8H,9H2,1H3,(H,18,19). The van der Waals surface area contributed by atoms with Crippen molar-refractivity contribution < 1.29 is 4.79 Å². The zero-order chi connectivity index (χ0) is 13.8. The maximum Gasteiger partial charge on any atom is 0.251 e. The van der Waals surface area contributed by atoms with E-state index in [9.17, 15) is 4.79 Å². The molecular weight excluding hydrogens is 281 g/mol. The normalized spacial score (nSPS) is 10.3. The van der Waals surface area contributed by atoms with Crippen LogP contribution in [0.2, 0.25) is 10.0 Å². The third kappa shape index (κ3) is 3.72. The maximum absolute atomic E-state index is 11.9. The molecule has 0 fully saturated rings. The number of benzene rings is 2. The Bertz CT molecular complexity index is 594. The molecule has 0 saturated carbocycles. The summed E-state index contributed by atoms with van der Waals surface area (Å²) in [4.78, 5) is 11.9. The monoisotopic (exact) mass is 293 g/mol. The number of rotatable bonds is 3. The first kappa shape index (κ1) is 13.9. The van der Waals surface area contributed by atoms with Gasteiger partial charge in [-0.3, -0.25) is 4.79 Å². The fraction of sp³-hybridized carbons (Fsp3) is 0.133. The Kier molecular flexibility index (Phi) is 4.46. The predicted molar refractivity (Wildman–Crippen MR) is 78.8 cm³/mol. The van der Waals surface area contributed by atoms with Crippen LogP contribution in [0.25, 0.3) is 0 Å². The third-order valence-corrected chi connectivity index (χ3v) is 3.49. The number of aryl methyl sites for hydroxylation is 1. The van der Waals surface area contributed by atoms with Crippen molar-refractivity contribution >= 4 is 29.1 Å². The molecule has 0 atom stereocenters. The van der Waals surface area contributed by atoms with Crippen LogP contribution in [0.4, 0.5) is 0 Å². The molecule has 0 bridgehead atoms. The lowest BCUT2D eigenvalue weighted by Crippen LogP contribution is -2.22. The van der Waals surface area contributed by atoms with Crippen LogP contribution in [0.1, 0.15) is 21.5 Å². The Labute approximate surface area is 122 Å². The lowest BCUT2D eigenvalue weighted by atomic mass is 10.1. The van der Waals surface area contributed by atoms with Crippen molar-refractivity contribution in [3.05, 3.63) is 69.2 Å². The van der Waals surface area contributed by atoms with E-state index in [4.69, 9.17) is 23.2 Å². The fourth-order valence-electron chi connectivity index (χ4n) is 1.64. The summed E-state index contributed by atoms with van der Waals surface area (Å²) in [6.45, 7) is 2.40. The van der Waals surface area contributed by atoms with Crippen molar-refractivity contribution in [3.8, 4) is 0 Å². The highest BCUT2D eigenvalue weighted by atomic mass is 35.5. The maximum atomic E-state index is 11.9. The van der Waals surface area contributed by atoms with Gasteiger partial charge in [0.25, 0.3) is 5.91 Å². The molecule has 0 aliphatic heterocycles. The second-order valence-electron chi connectivity index (χ2n) is 4.30. The van der Waals surface area contributed by atoms with Crippen LogP contribution in [0, 0.1) is 6.92 Å². The van der Waals surface area contributed by atoms with Crippen LogP contribution in [0.15, 0.2) is 42.5 Å². The van der Waals surface area contributed by atoms with Gasteiger partial charge in [-0.2, -0.15) is 0 Å². The molecule has 2 rings (SSSR count). The Morgan fingerprint density at radius 2 is 1.74 bits per heavy atom. The second kappa shape index (κ2) is 6.09. The average Bonchev–Trinajstić information content (AvgIpc) is 2.40. The quantitative estimate of drug-likeness (QED) is 0.901. The summed E-state index contributed by atoms with van der Waals surface area (Å²) in [7, 11) is 0. The van der Waals surface area contributed by atoms with Gasteiger partial charge in [0.15, 0.2) is 0 Å². The van der Waals surface area contributed by atoms with Crippen LogP contribution in [0.5, 0.6) is 0 Å². The van der Waals surface area contributed by atoms with Crippen molar-refractivity contribution in [2.45, 2.75) is 13.5 Å². The molecule has 2 aromatic carbocycles. The summed E-state index contributed by atoms with van der Waals surface area (Å²) >= 11 is 11.8. The molecule has 0 saturated heterocycles. The van der Waals surface area contributed by atoms with E-state index >= 15 is 0 Å². The minimum absolute atomic E-state index is 0.105. The summed E-state index contributed by atoms with van der Waals surface area (Å²) < 4.78 is 0. The molecule has 1 N–H and O–H groups in total. The number of hydrogen-bond acceptors (Lipinski definition) is 1. The molecule has 2 aromatic rings. The SMILES string of the molecule is Cc1ccc(C(=O)NCc2ccc(Cl)c(Cl)c2)cc1. The van der Waals surface area contributed by atoms with E-state index in [-0.39, 0.29) is 5.91 Å². The average molecular weight is 294 g/mol. The number of hydrogen-bond donors (Lipinski definition) is 1. The highest BCUT2D eigenvalue weighted by Crippen LogP contribution is 2.22. The van der Waals surface area contributed by atoms with Gasteiger partial charge in [-0.25, -0.2) is 0 Å². The minimum Gasteiger partial charge on any atom is -0.348 e. The van der Waals surface area contributed by atoms with Gasteiger partial charge in [-0.05, 0) is 36.8 Å². The Hall–Kier alpha value is -1.51. The van der Waals surface area contributed by atoms with Crippen LogP contribution >= 0.6 is 23.2 Å². The van der Waals surface area contributed by atoms with Gasteiger partial charge in [-0.1, -0.05) is 47.0 Å². The van der Waals surface area contributed by atoms with E-state index in [0.29, 0.717) is 22.2 Å². The molecule has 2 nitrogen and oxygen atoms in total. The molecule has 0 unspecified atom stereocenters. The van der Waals surface area contributed by atoms with Crippen LogP contribution in [0.3, 0.4) is 0 Å². The van der Waals surface area contributed by atoms with E-state index in [1.165, 1.54) is 0 Å². The van der Waals surface area contributed by atoms with Crippen molar-refractivity contribution in [3.63, 3.8) is 0 Å². The van der Waals surface area contributed by atoms with Gasteiger partial charge in [-0.15, -0.1) is 0 Å². The van der Waals surface area contributed by atoms with Gasteiger partial charge in [0, 0.05) is 12.1 Å². The predicted octanol–water partition coefficient (Wildman–Crippen LogP) is 4.23. The molecule has 0 aliphatic carbocycles. The van der Waals surface area contributed by atoms with E-state index in [0.717, 1.165) is 11.1 Å². The Morgan fingerprint density at radius 3 is 2.37 bits per heavy atom. The highest BCUT2D eigenvalue weighted by molar-refractivity contribution is 6.42. The van der Waals surface area contributed by atoms with Crippen molar-refractivity contribution in [1.29, 1.82) is 0 Å². The number of amides is 1. The zero-order valence-electron chi connectivity index (χ0n) is 10.4. The van der Waals surface area contributed by atoms with Gasteiger partial charge in [0.2, 0.25) is 0 Å². The molecule has 1 amide bonds. The first-order valence-electron chi connectivity index (χ1n) is 5.85. The number of carbonyl (C=O) groups is 1. The van der Waals surface area contributed by atoms with E-state index in [2.05, 4.69) is 5.32 Å². The van der Waals surface area contributed by atoms with Crippen molar-refractivity contribution in [2.24, 2.45) is 0 Å². The lowest BCUT2D eigenvalue weighted by molar-refractivity contribution is 0.0951. The molecule has 0 heterocycles. The lowest BCUT2D eigenvalue weighted by Gasteiger charge is -2.06. The summed E-state index contributed by atoms with van der Waals surface area (Å²) in [5, 5.41) is 3.84. The number of carbonyl (C=O) groups excluding carboxylic acids is 1. The first-order valence-corrected chi connectivity index (χ1v) is 6.60. The van der Waals surface area contributed by atoms with Gasteiger partial charge in [0.1, 0.15) is 0 Å². The minimum atomic E-state index is -0.105. The molecule has 4 heteroatoms. The van der Waals surface area contributed by atoms with Crippen LogP contribution in [-0.4, -0.2) is 5.91 Å². The summed E-state index contributed by atoms with van der Waals surface area (Å²) in [5.74, 6) is -0.105. The summed E-state index contributed by atoms with van der Waals surface area (Å²) in [6.07, 6.45) is 0. The molecular formula is C15H13Cl2NO. The number of nitrogens with one attached hydrogen (secondary N) is 1. The van der Waals surface area contributed by atoms with Crippen molar-refractivity contribution in [1.82, 2.24) is 5.32 Å².